The highest BCUT2D eigenvalue weighted by molar-refractivity contribution is 5.97. The number of hydrogen-bond acceptors (Lipinski definition) is 5. The Morgan fingerprint density at radius 2 is 1.86 bits per heavy atom. The summed E-state index contributed by atoms with van der Waals surface area (Å²) < 4.78 is 28.6. The van der Waals surface area contributed by atoms with Crippen LogP contribution in [-0.2, 0) is 11.3 Å². The Balaban J connectivity index is 1.95. The summed E-state index contributed by atoms with van der Waals surface area (Å²) in [7, 11) is 1.53. The summed E-state index contributed by atoms with van der Waals surface area (Å²) in [5.41, 5.74) is 0.517. The molecule has 0 heterocycles. The van der Waals surface area contributed by atoms with E-state index in [2.05, 4.69) is 10.1 Å². The molecule has 154 valence electrons. The van der Waals surface area contributed by atoms with Crippen molar-refractivity contribution in [1.82, 2.24) is 10.2 Å². The van der Waals surface area contributed by atoms with Crippen LogP contribution in [0.25, 0.3) is 0 Å². The maximum atomic E-state index is 12.5. The molecule has 2 aromatic rings. The number of halogens is 2. The number of carbonyl (C=O) groups excluding carboxylic acids is 2. The van der Waals surface area contributed by atoms with Crippen molar-refractivity contribution in [1.29, 1.82) is 0 Å². The molecule has 29 heavy (non-hydrogen) atoms. The third-order valence-corrected chi connectivity index (χ3v) is 3.98. The summed E-state index contributed by atoms with van der Waals surface area (Å²) >= 11 is 0. The second kappa shape index (κ2) is 9.58. The molecule has 2 amide bonds. The maximum absolute atomic E-state index is 12.5. The van der Waals surface area contributed by atoms with Gasteiger partial charge in [-0.25, -0.2) is 0 Å². The molecule has 2 aromatic carbocycles. The lowest BCUT2D eigenvalue weighted by Gasteiger charge is -2.22. The van der Waals surface area contributed by atoms with Gasteiger partial charge in [-0.3, -0.25) is 19.7 Å². The van der Waals surface area contributed by atoms with Gasteiger partial charge in [-0.15, -0.1) is 0 Å². The quantitative estimate of drug-likeness (QED) is 0.535. The van der Waals surface area contributed by atoms with Gasteiger partial charge in [0, 0.05) is 31.3 Å². The van der Waals surface area contributed by atoms with Crippen molar-refractivity contribution in [3.63, 3.8) is 0 Å². The van der Waals surface area contributed by atoms with Gasteiger partial charge in [-0.2, -0.15) is 8.78 Å². The lowest BCUT2D eigenvalue weighted by Crippen LogP contribution is -2.45. The number of rotatable bonds is 8. The van der Waals surface area contributed by atoms with Crippen LogP contribution in [0, 0.1) is 10.1 Å². The molecule has 0 fully saturated rings. The second-order valence-electron chi connectivity index (χ2n) is 6.22. The second-order valence-corrected chi connectivity index (χ2v) is 6.22. The monoisotopic (exact) mass is 407 g/mol. The number of carbonyl (C=O) groups is 2. The van der Waals surface area contributed by atoms with Crippen molar-refractivity contribution in [2.45, 2.75) is 26.1 Å². The average molecular weight is 407 g/mol. The summed E-state index contributed by atoms with van der Waals surface area (Å²) in [6, 6.07) is 10.1. The maximum Gasteiger partial charge on any atom is 0.387 e. The summed E-state index contributed by atoms with van der Waals surface area (Å²) in [4.78, 5) is 36.3. The van der Waals surface area contributed by atoms with E-state index in [4.69, 9.17) is 0 Å². The molecule has 1 N–H and O–H groups in total. The van der Waals surface area contributed by atoms with E-state index in [9.17, 15) is 28.5 Å². The predicted molar refractivity (Wildman–Crippen MR) is 99.6 cm³/mol. The number of nitrogens with one attached hydrogen (secondary N) is 1. The lowest BCUT2D eigenvalue weighted by atomic mass is 10.1. The number of benzene rings is 2. The number of amides is 2. The van der Waals surface area contributed by atoms with E-state index in [0.29, 0.717) is 5.56 Å². The third kappa shape index (κ3) is 6.23. The van der Waals surface area contributed by atoms with Crippen LogP contribution in [0.3, 0.4) is 0 Å². The molecule has 0 radical (unpaired) electrons. The zero-order valence-corrected chi connectivity index (χ0v) is 15.7. The molecule has 0 aromatic heterocycles. The number of non-ortho nitro benzene ring substituents is 1. The Morgan fingerprint density at radius 1 is 1.21 bits per heavy atom. The molecule has 1 atom stereocenters. The van der Waals surface area contributed by atoms with E-state index >= 15 is 0 Å². The minimum atomic E-state index is -2.92. The Morgan fingerprint density at radius 3 is 2.45 bits per heavy atom. The number of likely N-dealkylation sites (N-methyl/N-ethyl adjacent to an activating group) is 1. The fraction of sp³-hybridized carbons (Fsp3) is 0.263. The number of nitrogens with zero attached hydrogens (tertiary/aromatic N) is 2. The van der Waals surface area contributed by atoms with Crippen molar-refractivity contribution >= 4 is 17.5 Å². The van der Waals surface area contributed by atoms with E-state index in [1.165, 1.54) is 49.2 Å². The molecule has 10 heteroatoms. The Bertz CT molecular complexity index is 890. The van der Waals surface area contributed by atoms with Gasteiger partial charge in [0.15, 0.2) is 0 Å². The SMILES string of the molecule is CC(NC(=O)c1cccc([N+](=O)[O-])c1)C(=O)N(C)Cc1ccc(OC(F)F)cc1. The average Bonchev–Trinajstić information content (AvgIpc) is 2.68. The van der Waals surface area contributed by atoms with E-state index in [1.807, 2.05) is 0 Å². The smallest absolute Gasteiger partial charge is 0.387 e. The van der Waals surface area contributed by atoms with Gasteiger partial charge < -0.3 is 15.0 Å². The van der Waals surface area contributed by atoms with Crippen LogP contribution in [0.1, 0.15) is 22.8 Å². The molecule has 0 bridgehead atoms. The number of ether oxygens (including phenoxy) is 1. The van der Waals surface area contributed by atoms with Crippen LogP contribution in [0.5, 0.6) is 5.75 Å². The van der Waals surface area contributed by atoms with E-state index in [-0.39, 0.29) is 23.5 Å². The van der Waals surface area contributed by atoms with Crippen molar-refractivity contribution in [2.24, 2.45) is 0 Å². The fourth-order valence-electron chi connectivity index (χ4n) is 2.56. The molecule has 1 unspecified atom stereocenters. The van der Waals surface area contributed by atoms with E-state index in [1.54, 1.807) is 12.1 Å². The summed E-state index contributed by atoms with van der Waals surface area (Å²) in [6.45, 7) is -1.24. The van der Waals surface area contributed by atoms with Crippen molar-refractivity contribution in [2.75, 3.05) is 7.05 Å². The first-order valence-electron chi connectivity index (χ1n) is 8.51. The zero-order valence-electron chi connectivity index (χ0n) is 15.7. The van der Waals surface area contributed by atoms with Crippen molar-refractivity contribution in [3.05, 3.63) is 69.8 Å². The Labute approximate surface area is 165 Å². The van der Waals surface area contributed by atoms with E-state index in [0.717, 1.165) is 6.07 Å². The largest absolute Gasteiger partial charge is 0.435 e. The number of nitro benzene ring substituents is 1. The molecule has 2 rings (SSSR count). The molecule has 0 aliphatic heterocycles. The van der Waals surface area contributed by atoms with Gasteiger partial charge in [0.2, 0.25) is 5.91 Å². The fourth-order valence-corrected chi connectivity index (χ4v) is 2.56. The normalized spacial score (nSPS) is 11.6. The molecule has 8 nitrogen and oxygen atoms in total. The highest BCUT2D eigenvalue weighted by Crippen LogP contribution is 2.16. The molecule has 0 saturated heterocycles. The first-order valence-corrected chi connectivity index (χ1v) is 8.51. The summed E-state index contributed by atoms with van der Waals surface area (Å²) in [5.74, 6) is -0.997. The molecule has 0 aliphatic carbocycles. The molecular formula is C19H19F2N3O5. The van der Waals surface area contributed by atoms with Crippen LogP contribution in [-0.4, -0.2) is 41.3 Å². The van der Waals surface area contributed by atoms with Gasteiger partial charge in [0.1, 0.15) is 11.8 Å². The first kappa shape index (κ1) is 21.7. The molecular weight excluding hydrogens is 388 g/mol. The highest BCUT2D eigenvalue weighted by atomic mass is 19.3. The number of alkyl halides is 2. The van der Waals surface area contributed by atoms with Gasteiger partial charge in [0.25, 0.3) is 11.6 Å². The van der Waals surface area contributed by atoms with Crippen molar-refractivity contribution < 1.29 is 28.0 Å². The van der Waals surface area contributed by atoms with Crippen LogP contribution in [0.2, 0.25) is 0 Å². The van der Waals surface area contributed by atoms with Gasteiger partial charge in [-0.1, -0.05) is 18.2 Å². The first-order chi connectivity index (χ1) is 13.7. The zero-order chi connectivity index (χ0) is 21.6. The lowest BCUT2D eigenvalue weighted by molar-refractivity contribution is -0.384. The third-order valence-electron chi connectivity index (χ3n) is 3.98. The molecule has 0 spiro atoms. The highest BCUT2D eigenvalue weighted by Gasteiger charge is 2.21. The Hall–Kier alpha value is -3.56. The van der Waals surface area contributed by atoms with Crippen molar-refractivity contribution in [3.8, 4) is 5.75 Å². The predicted octanol–water partition coefficient (Wildman–Crippen LogP) is 2.97. The number of hydrogen-bond donors (Lipinski definition) is 1. The van der Waals surface area contributed by atoms with Gasteiger partial charge in [0.05, 0.1) is 4.92 Å². The molecule has 0 aliphatic rings. The molecule has 0 saturated carbocycles. The Kier molecular flexibility index (Phi) is 7.18. The van der Waals surface area contributed by atoms with Crippen LogP contribution < -0.4 is 10.1 Å². The number of nitro groups is 1. The topological polar surface area (TPSA) is 102 Å². The van der Waals surface area contributed by atoms with Crippen LogP contribution in [0.4, 0.5) is 14.5 Å². The standard InChI is InChI=1S/C19H19F2N3O5/c1-12(22-17(25)14-4-3-5-15(10-14)24(27)28)18(26)23(2)11-13-6-8-16(9-7-13)29-19(20)21/h3-10,12,19H,11H2,1-2H3,(H,22,25). The minimum absolute atomic E-state index is 0.00955. The minimum Gasteiger partial charge on any atom is -0.435 e. The van der Waals surface area contributed by atoms with E-state index < -0.39 is 29.4 Å². The summed E-state index contributed by atoms with van der Waals surface area (Å²) in [5, 5.41) is 13.3. The van der Waals surface area contributed by atoms with Crippen LogP contribution in [0.15, 0.2) is 48.5 Å². The summed E-state index contributed by atoms with van der Waals surface area (Å²) in [6.07, 6.45) is 0. The van der Waals surface area contributed by atoms with Gasteiger partial charge in [-0.05, 0) is 30.7 Å². The van der Waals surface area contributed by atoms with Gasteiger partial charge >= 0.3 is 6.61 Å². The van der Waals surface area contributed by atoms with Crippen LogP contribution >= 0.6 is 0 Å².